The predicted octanol–water partition coefficient (Wildman–Crippen LogP) is 2.22. The van der Waals surface area contributed by atoms with Crippen LogP contribution in [0.3, 0.4) is 0 Å². The lowest BCUT2D eigenvalue weighted by molar-refractivity contribution is 0.0763. The number of carbonyl (C=O) groups excluding carboxylic acids is 1. The number of nitriles is 1. The van der Waals surface area contributed by atoms with E-state index in [-0.39, 0.29) is 18.5 Å². The maximum absolute atomic E-state index is 13.0. The normalized spacial score (nSPS) is 17.1. The maximum Gasteiger partial charge on any atom is 0.255 e. The lowest BCUT2D eigenvalue weighted by Gasteiger charge is -2.21. The fourth-order valence-electron chi connectivity index (χ4n) is 4.40. The smallest absolute Gasteiger partial charge is 0.255 e. The molecule has 5 rings (SSSR count). The molecule has 1 aliphatic rings. The summed E-state index contributed by atoms with van der Waals surface area (Å²) in [5.41, 5.74) is 3.33. The first kappa shape index (κ1) is 25.1. The number of β-amino-alcohol motifs (C(OH)–C–C–N with tert-alkyl or cyclic N) is 1. The predicted molar refractivity (Wildman–Crippen MR) is 139 cm³/mol. The van der Waals surface area contributed by atoms with Crippen LogP contribution in [-0.4, -0.2) is 84.6 Å². The van der Waals surface area contributed by atoms with Crippen LogP contribution in [-0.2, 0) is 7.05 Å². The zero-order valence-electron chi connectivity index (χ0n) is 21.5. The quantitative estimate of drug-likeness (QED) is 0.393. The summed E-state index contributed by atoms with van der Waals surface area (Å²) in [5, 5.41) is 22.6. The topological polar surface area (TPSA) is 145 Å². The van der Waals surface area contributed by atoms with Gasteiger partial charge < -0.3 is 29.5 Å². The van der Waals surface area contributed by atoms with E-state index in [1.807, 2.05) is 39.0 Å². The van der Waals surface area contributed by atoms with Gasteiger partial charge >= 0.3 is 0 Å². The molecule has 194 valence electrons. The molecule has 0 unspecified atom stereocenters. The number of rotatable bonds is 6. The van der Waals surface area contributed by atoms with Crippen LogP contribution in [0.5, 0.6) is 11.6 Å². The van der Waals surface area contributed by atoms with Gasteiger partial charge in [0.1, 0.15) is 23.1 Å². The van der Waals surface area contributed by atoms with Crippen molar-refractivity contribution < 1.29 is 14.6 Å². The standard InChI is InChI=1S/C26H27N9O3/c1-15-7-17(9-27)28-11-21(15)38-23-8-18(24-25(32-23)34(4)14-30-24)31-22-6-5-16(10-29-22)26(37)35-12-19(33(2)3)20(36)13-35/h5-8,10-11,14,19-20,36H,12-13H2,1-4H3,(H,29,31,32)/t19-,20-/m1/s1. The second-order valence-electron chi connectivity index (χ2n) is 9.45. The Labute approximate surface area is 219 Å². The van der Waals surface area contributed by atoms with Crippen LogP contribution in [0.1, 0.15) is 21.6 Å². The number of nitrogens with one attached hydrogen (secondary N) is 1. The number of carbonyl (C=O) groups is 1. The van der Waals surface area contributed by atoms with Gasteiger partial charge in [0.2, 0.25) is 5.88 Å². The molecular weight excluding hydrogens is 486 g/mol. The highest BCUT2D eigenvalue weighted by Gasteiger charge is 2.35. The van der Waals surface area contributed by atoms with Crippen molar-refractivity contribution in [3.8, 4) is 17.7 Å². The Morgan fingerprint density at radius 1 is 1.21 bits per heavy atom. The highest BCUT2D eigenvalue weighted by Crippen LogP contribution is 2.31. The molecule has 1 saturated heterocycles. The number of likely N-dealkylation sites (N-methyl/N-ethyl adjacent to an activating group) is 1. The zero-order chi connectivity index (χ0) is 27.0. The first-order chi connectivity index (χ1) is 18.2. The largest absolute Gasteiger partial charge is 0.437 e. The lowest BCUT2D eigenvalue weighted by atomic mass is 10.2. The fraction of sp³-hybridized carbons (Fsp3) is 0.308. The first-order valence-electron chi connectivity index (χ1n) is 12.0. The Morgan fingerprint density at radius 2 is 2.03 bits per heavy atom. The van der Waals surface area contributed by atoms with Crippen molar-refractivity contribution in [1.82, 2.24) is 34.3 Å². The van der Waals surface area contributed by atoms with Crippen LogP contribution in [0.25, 0.3) is 11.2 Å². The van der Waals surface area contributed by atoms with E-state index in [1.54, 1.807) is 40.1 Å². The van der Waals surface area contributed by atoms with Crippen LogP contribution in [0.4, 0.5) is 11.5 Å². The van der Waals surface area contributed by atoms with Gasteiger partial charge in [-0.15, -0.1) is 0 Å². The van der Waals surface area contributed by atoms with Crippen LogP contribution < -0.4 is 10.1 Å². The van der Waals surface area contributed by atoms with E-state index in [2.05, 4.69) is 25.3 Å². The number of imidazole rings is 1. The summed E-state index contributed by atoms with van der Waals surface area (Å²) in [6.07, 6.45) is 4.07. The fourth-order valence-corrected chi connectivity index (χ4v) is 4.40. The van der Waals surface area contributed by atoms with E-state index >= 15 is 0 Å². The van der Waals surface area contributed by atoms with Gasteiger partial charge in [-0.05, 0) is 44.8 Å². The summed E-state index contributed by atoms with van der Waals surface area (Å²) >= 11 is 0. The van der Waals surface area contributed by atoms with Crippen molar-refractivity contribution in [2.75, 3.05) is 32.5 Å². The summed E-state index contributed by atoms with van der Waals surface area (Å²) in [5.74, 6) is 1.13. The van der Waals surface area contributed by atoms with E-state index < -0.39 is 6.10 Å². The summed E-state index contributed by atoms with van der Waals surface area (Å²) in [6, 6.07) is 8.69. The Morgan fingerprint density at radius 3 is 2.68 bits per heavy atom. The minimum absolute atomic E-state index is 0.0967. The third-order valence-corrected chi connectivity index (χ3v) is 6.52. The van der Waals surface area contributed by atoms with E-state index in [9.17, 15) is 9.90 Å². The minimum atomic E-state index is -0.587. The van der Waals surface area contributed by atoms with Crippen molar-refractivity contribution in [2.24, 2.45) is 7.05 Å². The van der Waals surface area contributed by atoms with Crippen LogP contribution in [0, 0.1) is 18.3 Å². The number of aryl methyl sites for hydroxylation is 2. The van der Waals surface area contributed by atoms with Crippen molar-refractivity contribution in [3.05, 3.63) is 59.8 Å². The number of aromatic nitrogens is 5. The molecule has 1 fully saturated rings. The molecular formula is C26H27N9O3. The molecule has 2 N–H and O–H groups in total. The molecule has 0 aliphatic carbocycles. The molecule has 0 aromatic carbocycles. The molecule has 0 saturated carbocycles. The van der Waals surface area contributed by atoms with Gasteiger partial charge in [0.25, 0.3) is 5.91 Å². The number of likely N-dealkylation sites (tertiary alicyclic amines) is 1. The van der Waals surface area contributed by atoms with Crippen molar-refractivity contribution >= 4 is 28.6 Å². The lowest BCUT2D eigenvalue weighted by Crippen LogP contribution is -2.38. The Balaban J connectivity index is 1.37. The summed E-state index contributed by atoms with van der Waals surface area (Å²) in [4.78, 5) is 34.1. The van der Waals surface area contributed by atoms with Crippen molar-refractivity contribution in [3.63, 3.8) is 0 Å². The number of anilines is 2. The van der Waals surface area contributed by atoms with E-state index in [1.165, 1.54) is 12.4 Å². The van der Waals surface area contributed by atoms with Gasteiger partial charge in [-0.25, -0.2) is 15.0 Å². The monoisotopic (exact) mass is 513 g/mol. The molecule has 1 amide bonds. The highest BCUT2D eigenvalue weighted by atomic mass is 16.5. The summed E-state index contributed by atoms with van der Waals surface area (Å²) < 4.78 is 7.78. The third-order valence-electron chi connectivity index (χ3n) is 6.52. The van der Waals surface area contributed by atoms with Crippen molar-refractivity contribution in [2.45, 2.75) is 19.1 Å². The SMILES string of the molecule is Cc1cc(C#N)ncc1Oc1cc(Nc2ccc(C(=O)N3C[C@@H](O)[C@H](N(C)C)C3)cn2)c2ncn(C)c2n1. The third kappa shape index (κ3) is 4.84. The van der Waals surface area contributed by atoms with Gasteiger partial charge in [0.05, 0.1) is 35.9 Å². The number of amides is 1. The van der Waals surface area contributed by atoms with Gasteiger partial charge in [0.15, 0.2) is 11.4 Å². The second kappa shape index (κ2) is 10.0. The average molecular weight is 514 g/mol. The van der Waals surface area contributed by atoms with E-state index in [4.69, 9.17) is 10.00 Å². The number of hydrogen-bond acceptors (Lipinski definition) is 10. The molecule has 12 nitrogen and oxygen atoms in total. The molecule has 0 radical (unpaired) electrons. The average Bonchev–Trinajstić information content (AvgIpc) is 3.48. The molecule has 5 heterocycles. The van der Waals surface area contributed by atoms with Crippen LogP contribution >= 0.6 is 0 Å². The van der Waals surface area contributed by atoms with Gasteiger partial charge in [-0.1, -0.05) is 0 Å². The number of fused-ring (bicyclic) bond motifs is 1. The first-order valence-corrected chi connectivity index (χ1v) is 12.0. The maximum atomic E-state index is 13.0. The Bertz CT molecular complexity index is 1540. The number of pyridine rings is 3. The van der Waals surface area contributed by atoms with Crippen molar-refractivity contribution in [1.29, 1.82) is 5.26 Å². The number of ether oxygens (including phenoxy) is 1. The number of aliphatic hydroxyl groups is 1. The summed E-state index contributed by atoms with van der Waals surface area (Å²) in [6.45, 7) is 2.57. The number of hydrogen-bond donors (Lipinski definition) is 2. The Hall–Kier alpha value is -4.60. The molecule has 38 heavy (non-hydrogen) atoms. The van der Waals surface area contributed by atoms with Crippen LogP contribution in [0.2, 0.25) is 0 Å². The number of aliphatic hydroxyl groups excluding tert-OH is 1. The highest BCUT2D eigenvalue weighted by molar-refractivity contribution is 5.94. The van der Waals surface area contributed by atoms with Gasteiger partial charge in [-0.3, -0.25) is 4.79 Å². The molecule has 0 spiro atoms. The molecule has 2 atom stereocenters. The number of nitrogens with zero attached hydrogens (tertiary/aromatic N) is 8. The molecule has 4 aromatic heterocycles. The van der Waals surface area contributed by atoms with Gasteiger partial charge in [0, 0.05) is 32.4 Å². The minimum Gasteiger partial charge on any atom is -0.437 e. The van der Waals surface area contributed by atoms with Gasteiger partial charge in [-0.2, -0.15) is 10.2 Å². The van der Waals surface area contributed by atoms with E-state index in [0.29, 0.717) is 52.1 Å². The second-order valence-corrected chi connectivity index (χ2v) is 9.45. The molecule has 0 bridgehead atoms. The molecule has 12 heteroatoms. The van der Waals surface area contributed by atoms with Crippen LogP contribution in [0.15, 0.2) is 43.0 Å². The Kier molecular flexibility index (Phi) is 6.62. The molecule has 4 aromatic rings. The zero-order valence-corrected chi connectivity index (χ0v) is 21.5. The van der Waals surface area contributed by atoms with E-state index in [0.717, 1.165) is 5.56 Å². The summed E-state index contributed by atoms with van der Waals surface area (Å²) in [7, 11) is 5.61. The molecule has 1 aliphatic heterocycles.